The molecule has 1 aliphatic carbocycles. The number of nitrogens with zero attached hydrogens (tertiary/aromatic N) is 1. The topological polar surface area (TPSA) is 50.8 Å². The number of urea groups is 1. The van der Waals surface area contributed by atoms with Gasteiger partial charge in [-0.3, -0.25) is 0 Å². The Bertz CT molecular complexity index is 531. The standard InChI is InChI=1S/C19H28N2O3/c1-23-15-17(14-16-6-3-2-4-7-16)20-18(22)21-11-10-19(8-5-9-19)24-13-12-21/h2-4,6-7,17H,5,8-15H2,1H3,(H,20,22). The second-order valence-electron chi connectivity index (χ2n) is 6.91. The lowest BCUT2D eigenvalue weighted by molar-refractivity contribution is -0.0929. The number of hydrogen-bond donors (Lipinski definition) is 1. The third-order valence-electron chi connectivity index (χ3n) is 5.18. The van der Waals surface area contributed by atoms with Crippen LogP contribution in [0.2, 0.25) is 0 Å². The lowest BCUT2D eigenvalue weighted by atomic mass is 9.77. The molecule has 0 aromatic heterocycles. The molecule has 1 N–H and O–H groups in total. The molecule has 1 aromatic carbocycles. The van der Waals surface area contributed by atoms with Crippen LogP contribution < -0.4 is 5.32 Å². The molecule has 2 aliphatic rings. The van der Waals surface area contributed by atoms with Crippen molar-refractivity contribution in [3.8, 4) is 0 Å². The highest BCUT2D eigenvalue weighted by atomic mass is 16.5. The maximum absolute atomic E-state index is 12.6. The van der Waals surface area contributed by atoms with Gasteiger partial charge in [-0.25, -0.2) is 4.79 Å². The number of amides is 2. The molecule has 1 aliphatic heterocycles. The highest BCUT2D eigenvalue weighted by Crippen LogP contribution is 2.39. The summed E-state index contributed by atoms with van der Waals surface area (Å²) >= 11 is 0. The molecule has 3 rings (SSSR count). The van der Waals surface area contributed by atoms with Gasteiger partial charge in [0, 0.05) is 20.2 Å². The summed E-state index contributed by atoms with van der Waals surface area (Å²) in [5.41, 5.74) is 1.26. The van der Waals surface area contributed by atoms with E-state index in [0.717, 1.165) is 32.2 Å². The first kappa shape index (κ1) is 17.2. The van der Waals surface area contributed by atoms with Crippen LogP contribution in [0.15, 0.2) is 30.3 Å². The average Bonchev–Trinajstić information content (AvgIpc) is 2.79. The predicted octanol–water partition coefficient (Wildman–Crippen LogP) is 2.60. The molecule has 1 saturated heterocycles. The zero-order chi connectivity index (χ0) is 16.8. The average molecular weight is 332 g/mol. The summed E-state index contributed by atoms with van der Waals surface area (Å²) in [7, 11) is 1.67. The molecule has 1 atom stereocenters. The zero-order valence-corrected chi connectivity index (χ0v) is 14.5. The number of hydrogen-bond acceptors (Lipinski definition) is 3. The van der Waals surface area contributed by atoms with Gasteiger partial charge in [-0.1, -0.05) is 30.3 Å². The van der Waals surface area contributed by atoms with Crippen molar-refractivity contribution in [2.45, 2.75) is 43.7 Å². The maximum atomic E-state index is 12.6. The molecule has 1 aromatic rings. The van der Waals surface area contributed by atoms with E-state index in [2.05, 4.69) is 17.4 Å². The summed E-state index contributed by atoms with van der Waals surface area (Å²) in [5, 5.41) is 3.13. The number of carbonyl (C=O) groups is 1. The van der Waals surface area contributed by atoms with Crippen molar-refractivity contribution < 1.29 is 14.3 Å². The van der Waals surface area contributed by atoms with Crippen molar-refractivity contribution >= 4 is 6.03 Å². The molecule has 0 bridgehead atoms. The minimum absolute atomic E-state index is 0.00652. The van der Waals surface area contributed by atoms with Crippen LogP contribution in [0.5, 0.6) is 0 Å². The fourth-order valence-corrected chi connectivity index (χ4v) is 3.58. The monoisotopic (exact) mass is 332 g/mol. The van der Waals surface area contributed by atoms with Gasteiger partial charge in [-0.15, -0.1) is 0 Å². The number of methoxy groups -OCH3 is 1. The smallest absolute Gasteiger partial charge is 0.317 e. The van der Waals surface area contributed by atoms with E-state index >= 15 is 0 Å². The second-order valence-corrected chi connectivity index (χ2v) is 6.91. The molecule has 2 amide bonds. The summed E-state index contributed by atoms with van der Waals surface area (Å²) in [6.07, 6.45) is 5.26. The Morgan fingerprint density at radius 1 is 1.29 bits per heavy atom. The van der Waals surface area contributed by atoms with E-state index in [-0.39, 0.29) is 17.7 Å². The lowest BCUT2D eigenvalue weighted by Crippen LogP contribution is -2.48. The van der Waals surface area contributed by atoms with Crippen LogP contribution in [0.4, 0.5) is 4.79 Å². The minimum Gasteiger partial charge on any atom is -0.383 e. The molecule has 1 spiro atoms. The molecule has 132 valence electrons. The molecule has 5 heteroatoms. The molecule has 2 fully saturated rings. The van der Waals surface area contributed by atoms with E-state index in [1.807, 2.05) is 23.1 Å². The summed E-state index contributed by atoms with van der Waals surface area (Å²) in [6, 6.07) is 10.2. The Labute approximate surface area is 144 Å². The van der Waals surface area contributed by atoms with Gasteiger partial charge < -0.3 is 19.7 Å². The summed E-state index contributed by atoms with van der Waals surface area (Å²) in [6.45, 7) is 2.59. The van der Waals surface area contributed by atoms with E-state index in [0.29, 0.717) is 19.8 Å². The van der Waals surface area contributed by atoms with Crippen molar-refractivity contribution in [3.63, 3.8) is 0 Å². The highest BCUT2D eigenvalue weighted by molar-refractivity contribution is 5.74. The fourth-order valence-electron chi connectivity index (χ4n) is 3.58. The van der Waals surface area contributed by atoms with E-state index in [1.165, 1.54) is 12.0 Å². The van der Waals surface area contributed by atoms with Crippen LogP contribution in [0, 0.1) is 0 Å². The summed E-state index contributed by atoms with van der Waals surface area (Å²) in [5.74, 6) is 0. The molecule has 1 saturated carbocycles. The van der Waals surface area contributed by atoms with Crippen molar-refractivity contribution in [2.75, 3.05) is 33.4 Å². The van der Waals surface area contributed by atoms with E-state index in [9.17, 15) is 4.79 Å². The SMILES string of the molecule is COCC(Cc1ccccc1)NC(=O)N1CCOC2(CCC2)CC1. The van der Waals surface area contributed by atoms with Crippen LogP contribution in [-0.4, -0.2) is 56.0 Å². The van der Waals surface area contributed by atoms with E-state index < -0.39 is 0 Å². The first-order valence-corrected chi connectivity index (χ1v) is 8.93. The Morgan fingerprint density at radius 3 is 2.75 bits per heavy atom. The van der Waals surface area contributed by atoms with Gasteiger partial charge >= 0.3 is 6.03 Å². The lowest BCUT2D eigenvalue weighted by Gasteiger charge is -2.40. The molecule has 1 unspecified atom stereocenters. The van der Waals surface area contributed by atoms with Gasteiger partial charge in [0.1, 0.15) is 0 Å². The quantitative estimate of drug-likeness (QED) is 0.902. The van der Waals surface area contributed by atoms with Gasteiger partial charge in [0.2, 0.25) is 0 Å². The molecule has 1 heterocycles. The number of carbonyl (C=O) groups excluding carboxylic acids is 1. The Hall–Kier alpha value is -1.59. The van der Waals surface area contributed by atoms with Gasteiger partial charge in [0.15, 0.2) is 0 Å². The number of benzene rings is 1. The van der Waals surface area contributed by atoms with Crippen LogP contribution >= 0.6 is 0 Å². The van der Waals surface area contributed by atoms with Crippen LogP contribution in [0.1, 0.15) is 31.2 Å². The van der Waals surface area contributed by atoms with E-state index in [1.54, 1.807) is 7.11 Å². The minimum atomic E-state index is -0.0215. The fraction of sp³-hybridized carbons (Fsp3) is 0.632. The van der Waals surface area contributed by atoms with Gasteiger partial charge in [-0.2, -0.15) is 0 Å². The summed E-state index contributed by atoms with van der Waals surface area (Å²) in [4.78, 5) is 14.5. The molecule has 5 nitrogen and oxygen atoms in total. The Kier molecular flexibility index (Phi) is 5.74. The van der Waals surface area contributed by atoms with E-state index in [4.69, 9.17) is 9.47 Å². The van der Waals surface area contributed by atoms with Gasteiger partial charge in [0.25, 0.3) is 0 Å². The predicted molar refractivity (Wildman–Crippen MR) is 93.1 cm³/mol. The van der Waals surface area contributed by atoms with Crippen molar-refractivity contribution in [3.05, 3.63) is 35.9 Å². The second kappa shape index (κ2) is 7.99. The first-order chi connectivity index (χ1) is 11.7. The Balaban J connectivity index is 1.54. The first-order valence-electron chi connectivity index (χ1n) is 8.93. The number of ether oxygens (including phenoxy) is 2. The Morgan fingerprint density at radius 2 is 2.08 bits per heavy atom. The van der Waals surface area contributed by atoms with Crippen LogP contribution in [-0.2, 0) is 15.9 Å². The highest BCUT2D eigenvalue weighted by Gasteiger charge is 2.40. The van der Waals surface area contributed by atoms with Gasteiger partial charge in [0.05, 0.1) is 24.9 Å². The largest absolute Gasteiger partial charge is 0.383 e. The summed E-state index contributed by atoms with van der Waals surface area (Å²) < 4.78 is 11.3. The van der Waals surface area contributed by atoms with Gasteiger partial charge in [-0.05, 0) is 37.7 Å². The third kappa shape index (κ3) is 4.28. The zero-order valence-electron chi connectivity index (χ0n) is 14.5. The maximum Gasteiger partial charge on any atom is 0.317 e. The van der Waals surface area contributed by atoms with Crippen molar-refractivity contribution in [1.82, 2.24) is 10.2 Å². The molecular weight excluding hydrogens is 304 g/mol. The number of rotatable bonds is 5. The van der Waals surface area contributed by atoms with Crippen molar-refractivity contribution in [2.24, 2.45) is 0 Å². The molecular formula is C19H28N2O3. The normalized spacial score (nSPS) is 21.0. The van der Waals surface area contributed by atoms with Crippen LogP contribution in [0.25, 0.3) is 0 Å². The van der Waals surface area contributed by atoms with Crippen molar-refractivity contribution in [1.29, 1.82) is 0 Å². The van der Waals surface area contributed by atoms with Crippen LogP contribution in [0.3, 0.4) is 0 Å². The molecule has 0 radical (unpaired) electrons. The molecule has 24 heavy (non-hydrogen) atoms. The third-order valence-corrected chi connectivity index (χ3v) is 5.18. The number of nitrogens with one attached hydrogen (secondary N) is 1.